The summed E-state index contributed by atoms with van der Waals surface area (Å²) in [5.41, 5.74) is -0.827. The third-order valence-corrected chi connectivity index (χ3v) is 4.84. The van der Waals surface area contributed by atoms with Gasteiger partial charge in [-0.1, -0.05) is 12.1 Å². The minimum Gasteiger partial charge on any atom is -0.406 e. The predicted octanol–water partition coefficient (Wildman–Crippen LogP) is 3.85. The number of rotatable bonds is 4. The number of piperidine rings is 1. The molecule has 0 unspecified atom stereocenters. The van der Waals surface area contributed by atoms with E-state index in [-0.39, 0.29) is 42.7 Å². The molecule has 1 aliphatic rings. The summed E-state index contributed by atoms with van der Waals surface area (Å²) in [5, 5.41) is 31.2. The Morgan fingerprint density at radius 2 is 1.90 bits per heavy atom. The zero-order valence-corrected chi connectivity index (χ0v) is 15.0. The quantitative estimate of drug-likeness (QED) is 0.610. The molecule has 1 heterocycles. The molecular formula is C19H16F3N3O4. The number of anilines is 1. The molecule has 0 atom stereocenters. The fourth-order valence-corrected chi connectivity index (χ4v) is 3.40. The Morgan fingerprint density at radius 3 is 2.48 bits per heavy atom. The van der Waals surface area contributed by atoms with Gasteiger partial charge in [0.05, 0.1) is 22.2 Å². The Bertz CT molecular complexity index is 964. The standard InChI is InChI=1S/C19H16F3N3O4/c20-19(21,22)29-15-3-1-2-14(11-15)18(26)6-8-24(9-7-18)16-5-4-13(12-23)10-17(16)25(27)28/h1-5,10-11,26H,6-9H2. The van der Waals surface area contributed by atoms with Gasteiger partial charge in [0.1, 0.15) is 11.4 Å². The van der Waals surface area contributed by atoms with Crippen LogP contribution in [0, 0.1) is 21.4 Å². The summed E-state index contributed by atoms with van der Waals surface area (Å²) in [5.74, 6) is -0.423. The molecule has 0 spiro atoms. The van der Waals surface area contributed by atoms with Crippen LogP contribution in [0.25, 0.3) is 0 Å². The van der Waals surface area contributed by atoms with E-state index in [4.69, 9.17) is 5.26 Å². The molecule has 0 amide bonds. The first-order valence-electron chi connectivity index (χ1n) is 8.63. The summed E-state index contributed by atoms with van der Waals surface area (Å²) in [6.45, 7) is 0.487. The van der Waals surface area contributed by atoms with E-state index < -0.39 is 22.6 Å². The summed E-state index contributed by atoms with van der Waals surface area (Å²) < 4.78 is 41.2. The number of aliphatic hydroxyl groups is 1. The highest BCUT2D eigenvalue weighted by molar-refractivity contribution is 5.66. The van der Waals surface area contributed by atoms with Crippen LogP contribution in [0.15, 0.2) is 42.5 Å². The van der Waals surface area contributed by atoms with Crippen LogP contribution < -0.4 is 9.64 Å². The topological polar surface area (TPSA) is 99.6 Å². The zero-order valence-electron chi connectivity index (χ0n) is 15.0. The second kappa shape index (κ2) is 7.60. The van der Waals surface area contributed by atoms with Gasteiger partial charge in [-0.3, -0.25) is 10.1 Å². The van der Waals surface area contributed by atoms with Crippen molar-refractivity contribution in [3.05, 3.63) is 63.7 Å². The Hall–Kier alpha value is -3.32. The van der Waals surface area contributed by atoms with Crippen molar-refractivity contribution >= 4 is 11.4 Å². The van der Waals surface area contributed by atoms with Crippen molar-refractivity contribution in [2.75, 3.05) is 18.0 Å². The molecule has 2 aromatic rings. The number of hydrogen-bond donors (Lipinski definition) is 1. The van der Waals surface area contributed by atoms with Gasteiger partial charge in [-0.2, -0.15) is 5.26 Å². The van der Waals surface area contributed by atoms with E-state index in [0.717, 1.165) is 12.1 Å². The van der Waals surface area contributed by atoms with E-state index in [1.165, 1.54) is 30.3 Å². The summed E-state index contributed by atoms with van der Waals surface area (Å²) in [4.78, 5) is 12.5. The lowest BCUT2D eigenvalue weighted by atomic mass is 9.84. The number of nitriles is 1. The minimum atomic E-state index is -4.83. The van der Waals surface area contributed by atoms with E-state index in [1.807, 2.05) is 6.07 Å². The molecule has 0 aliphatic carbocycles. The molecule has 1 N–H and O–H groups in total. The predicted molar refractivity (Wildman–Crippen MR) is 96.3 cm³/mol. The molecule has 10 heteroatoms. The number of nitro groups is 1. The van der Waals surface area contributed by atoms with Crippen LogP contribution in [0.1, 0.15) is 24.0 Å². The van der Waals surface area contributed by atoms with Gasteiger partial charge in [0.2, 0.25) is 0 Å². The maximum Gasteiger partial charge on any atom is 0.573 e. The molecule has 29 heavy (non-hydrogen) atoms. The molecule has 0 bridgehead atoms. The summed E-state index contributed by atoms with van der Waals surface area (Å²) in [6, 6.07) is 11.2. The van der Waals surface area contributed by atoms with Crippen LogP contribution in [-0.4, -0.2) is 29.5 Å². The smallest absolute Gasteiger partial charge is 0.406 e. The molecule has 1 fully saturated rings. The summed E-state index contributed by atoms with van der Waals surface area (Å²) >= 11 is 0. The van der Waals surface area contributed by atoms with E-state index in [9.17, 15) is 28.4 Å². The number of hydrogen-bond acceptors (Lipinski definition) is 6. The lowest BCUT2D eigenvalue weighted by Gasteiger charge is -2.39. The van der Waals surface area contributed by atoms with Crippen molar-refractivity contribution in [2.24, 2.45) is 0 Å². The average molecular weight is 407 g/mol. The van der Waals surface area contributed by atoms with E-state index in [2.05, 4.69) is 4.74 Å². The Labute approximate surface area is 163 Å². The number of benzene rings is 2. The van der Waals surface area contributed by atoms with Gasteiger partial charge in [-0.15, -0.1) is 13.2 Å². The van der Waals surface area contributed by atoms with Crippen LogP contribution in [0.5, 0.6) is 5.75 Å². The lowest BCUT2D eigenvalue weighted by Crippen LogP contribution is -2.42. The van der Waals surface area contributed by atoms with Crippen molar-refractivity contribution in [1.82, 2.24) is 0 Å². The van der Waals surface area contributed by atoms with Gasteiger partial charge in [-0.25, -0.2) is 0 Å². The first kappa shape index (κ1) is 20.4. The van der Waals surface area contributed by atoms with Crippen LogP contribution in [0.3, 0.4) is 0 Å². The minimum absolute atomic E-state index is 0.152. The fraction of sp³-hybridized carbons (Fsp3) is 0.316. The monoisotopic (exact) mass is 407 g/mol. The highest BCUT2D eigenvalue weighted by atomic mass is 19.4. The Balaban J connectivity index is 1.79. The van der Waals surface area contributed by atoms with Gasteiger partial charge >= 0.3 is 6.36 Å². The summed E-state index contributed by atoms with van der Waals surface area (Å²) in [7, 11) is 0. The third kappa shape index (κ3) is 4.57. The van der Waals surface area contributed by atoms with Crippen LogP contribution >= 0.6 is 0 Å². The fourth-order valence-electron chi connectivity index (χ4n) is 3.40. The van der Waals surface area contributed by atoms with Gasteiger partial charge in [0.25, 0.3) is 5.69 Å². The molecule has 152 valence electrons. The van der Waals surface area contributed by atoms with Gasteiger partial charge < -0.3 is 14.7 Å². The van der Waals surface area contributed by atoms with Gasteiger partial charge in [0.15, 0.2) is 0 Å². The molecule has 1 aliphatic heterocycles. The zero-order chi connectivity index (χ0) is 21.2. The van der Waals surface area contributed by atoms with Crippen LogP contribution in [0.4, 0.5) is 24.5 Å². The number of halogens is 3. The van der Waals surface area contributed by atoms with Crippen molar-refractivity contribution in [3.63, 3.8) is 0 Å². The average Bonchev–Trinajstić information content (AvgIpc) is 2.67. The second-order valence-electron chi connectivity index (χ2n) is 6.67. The lowest BCUT2D eigenvalue weighted by molar-refractivity contribution is -0.384. The van der Waals surface area contributed by atoms with Crippen molar-refractivity contribution in [3.8, 4) is 11.8 Å². The van der Waals surface area contributed by atoms with Gasteiger partial charge in [-0.05, 0) is 42.7 Å². The largest absolute Gasteiger partial charge is 0.573 e. The molecular weight excluding hydrogens is 391 g/mol. The van der Waals surface area contributed by atoms with Crippen LogP contribution in [-0.2, 0) is 5.60 Å². The van der Waals surface area contributed by atoms with Gasteiger partial charge in [0, 0.05) is 19.2 Å². The van der Waals surface area contributed by atoms with Crippen LogP contribution in [0.2, 0.25) is 0 Å². The number of nitro benzene ring substituents is 1. The Kier molecular flexibility index (Phi) is 5.35. The maximum atomic E-state index is 12.4. The summed E-state index contributed by atoms with van der Waals surface area (Å²) in [6.07, 6.45) is -4.53. The second-order valence-corrected chi connectivity index (χ2v) is 6.67. The van der Waals surface area contributed by atoms with E-state index >= 15 is 0 Å². The molecule has 7 nitrogen and oxygen atoms in total. The number of alkyl halides is 3. The Morgan fingerprint density at radius 1 is 1.21 bits per heavy atom. The molecule has 0 radical (unpaired) electrons. The maximum absolute atomic E-state index is 12.4. The number of ether oxygens (including phenoxy) is 1. The SMILES string of the molecule is N#Cc1ccc(N2CCC(O)(c3cccc(OC(F)(F)F)c3)CC2)c([N+](=O)[O-])c1. The van der Waals surface area contributed by atoms with Crippen molar-refractivity contribution in [2.45, 2.75) is 24.8 Å². The van der Waals surface area contributed by atoms with Crippen molar-refractivity contribution < 1.29 is 27.9 Å². The highest BCUT2D eigenvalue weighted by Gasteiger charge is 2.37. The molecule has 0 saturated carbocycles. The first-order chi connectivity index (χ1) is 13.6. The van der Waals surface area contributed by atoms with E-state index in [1.54, 1.807) is 4.90 Å². The third-order valence-electron chi connectivity index (χ3n) is 4.84. The van der Waals surface area contributed by atoms with Crippen molar-refractivity contribution in [1.29, 1.82) is 5.26 Å². The molecule has 0 aromatic heterocycles. The van der Waals surface area contributed by atoms with E-state index in [0.29, 0.717) is 5.69 Å². The highest BCUT2D eigenvalue weighted by Crippen LogP contribution is 2.38. The molecule has 1 saturated heterocycles. The normalized spacial score (nSPS) is 16.2. The molecule has 3 rings (SSSR count). The number of nitrogens with zero attached hydrogens (tertiary/aromatic N) is 3. The molecule has 2 aromatic carbocycles. The first-order valence-corrected chi connectivity index (χ1v) is 8.63.